The van der Waals surface area contributed by atoms with Gasteiger partial charge in [-0.05, 0) is 36.5 Å². The van der Waals surface area contributed by atoms with E-state index < -0.39 is 0 Å². The molecule has 4 heteroatoms. The number of rotatable bonds is 6. The van der Waals surface area contributed by atoms with Gasteiger partial charge in [-0.2, -0.15) is 0 Å². The van der Waals surface area contributed by atoms with Crippen LogP contribution in [0.3, 0.4) is 0 Å². The molecule has 1 N–H and O–H groups in total. The normalized spacial score (nSPS) is 22.2. The van der Waals surface area contributed by atoms with Crippen LogP contribution in [0.5, 0.6) is 5.75 Å². The van der Waals surface area contributed by atoms with Crippen LogP contribution in [0.15, 0.2) is 36.9 Å². The van der Waals surface area contributed by atoms with Crippen LogP contribution in [0.1, 0.15) is 31.0 Å². The van der Waals surface area contributed by atoms with Gasteiger partial charge >= 0.3 is 0 Å². The lowest BCUT2D eigenvalue weighted by molar-refractivity contribution is -0.129. The summed E-state index contributed by atoms with van der Waals surface area (Å²) in [6, 6.07) is 7.96. The zero-order valence-corrected chi connectivity index (χ0v) is 12.3. The van der Waals surface area contributed by atoms with E-state index in [1.807, 2.05) is 29.2 Å². The third-order valence-electron chi connectivity index (χ3n) is 4.32. The third kappa shape index (κ3) is 3.10. The maximum atomic E-state index is 12.1. The Morgan fingerprint density at radius 1 is 1.33 bits per heavy atom. The molecule has 1 unspecified atom stereocenters. The topological polar surface area (TPSA) is 41.6 Å². The van der Waals surface area contributed by atoms with E-state index in [0.29, 0.717) is 19.1 Å². The Hall–Kier alpha value is -1.81. The van der Waals surface area contributed by atoms with Gasteiger partial charge in [-0.1, -0.05) is 31.2 Å². The summed E-state index contributed by atoms with van der Waals surface area (Å²) in [5.41, 5.74) is 1.12. The van der Waals surface area contributed by atoms with Crippen LogP contribution in [0, 0.1) is 5.92 Å². The van der Waals surface area contributed by atoms with Crippen molar-refractivity contribution in [1.82, 2.24) is 10.2 Å². The molecule has 1 amide bonds. The van der Waals surface area contributed by atoms with Gasteiger partial charge in [0.1, 0.15) is 18.5 Å². The first-order valence-corrected chi connectivity index (χ1v) is 7.64. The molecule has 21 heavy (non-hydrogen) atoms. The lowest BCUT2D eigenvalue weighted by Gasteiger charge is -2.33. The van der Waals surface area contributed by atoms with Crippen LogP contribution in [-0.2, 0) is 4.79 Å². The van der Waals surface area contributed by atoms with Crippen molar-refractivity contribution in [2.45, 2.75) is 25.4 Å². The van der Waals surface area contributed by atoms with Crippen LogP contribution in [0.4, 0.5) is 0 Å². The molecule has 1 saturated heterocycles. The van der Waals surface area contributed by atoms with E-state index in [1.165, 1.54) is 19.3 Å². The average Bonchev–Trinajstić information content (AvgIpc) is 2.82. The van der Waals surface area contributed by atoms with Crippen LogP contribution in [0.25, 0.3) is 0 Å². The monoisotopic (exact) mass is 286 g/mol. The molecular formula is C17H22N2O2. The minimum absolute atomic E-state index is 0.00607. The van der Waals surface area contributed by atoms with Gasteiger partial charge in [0.25, 0.3) is 0 Å². The van der Waals surface area contributed by atoms with Crippen molar-refractivity contribution >= 4 is 5.91 Å². The molecular weight excluding hydrogens is 264 g/mol. The molecule has 2 fully saturated rings. The van der Waals surface area contributed by atoms with Gasteiger partial charge in [0.2, 0.25) is 5.91 Å². The van der Waals surface area contributed by atoms with Crippen molar-refractivity contribution in [2.75, 3.05) is 19.7 Å². The Labute approximate surface area is 125 Å². The first kappa shape index (κ1) is 14.1. The molecule has 2 aliphatic rings. The summed E-state index contributed by atoms with van der Waals surface area (Å²) < 4.78 is 5.49. The molecule has 1 aromatic carbocycles. The van der Waals surface area contributed by atoms with Crippen molar-refractivity contribution in [3.63, 3.8) is 0 Å². The highest BCUT2D eigenvalue weighted by atomic mass is 16.5. The van der Waals surface area contributed by atoms with Gasteiger partial charge in [0, 0.05) is 6.54 Å². The lowest BCUT2D eigenvalue weighted by atomic mass is 9.85. The number of hydrogen-bond donors (Lipinski definition) is 1. The molecule has 1 aliphatic heterocycles. The molecule has 1 saturated carbocycles. The summed E-state index contributed by atoms with van der Waals surface area (Å²) in [6.45, 7) is 5.46. The van der Waals surface area contributed by atoms with E-state index in [2.05, 4.69) is 11.9 Å². The third-order valence-corrected chi connectivity index (χ3v) is 4.32. The van der Waals surface area contributed by atoms with Crippen molar-refractivity contribution in [3.8, 4) is 5.75 Å². The molecule has 0 aromatic heterocycles. The number of benzene rings is 1. The minimum Gasteiger partial charge on any atom is -0.490 e. The van der Waals surface area contributed by atoms with Crippen LogP contribution >= 0.6 is 0 Å². The van der Waals surface area contributed by atoms with Crippen LogP contribution < -0.4 is 10.1 Å². The summed E-state index contributed by atoms with van der Waals surface area (Å²) in [6.07, 6.45) is 5.55. The number of ether oxygens (including phenoxy) is 1. The minimum atomic E-state index is 0.00607. The van der Waals surface area contributed by atoms with Crippen molar-refractivity contribution in [3.05, 3.63) is 42.5 Å². The summed E-state index contributed by atoms with van der Waals surface area (Å²) in [5, 5.41) is 3.31. The molecule has 1 aromatic rings. The first-order valence-electron chi connectivity index (χ1n) is 7.64. The number of nitrogens with one attached hydrogen (secondary N) is 1. The van der Waals surface area contributed by atoms with Gasteiger partial charge in [-0.3, -0.25) is 10.1 Å². The van der Waals surface area contributed by atoms with Crippen molar-refractivity contribution < 1.29 is 9.53 Å². The highest BCUT2D eigenvalue weighted by Crippen LogP contribution is 2.31. The standard InChI is InChI=1S/C17H22N2O2/c1-2-10-21-15-8-6-14(7-9-15)17-18-11-16(20)19(17)12-13-4-3-5-13/h2,6-9,13,17-18H,1,3-5,10-12H2. The second kappa shape index (κ2) is 6.31. The largest absolute Gasteiger partial charge is 0.490 e. The SMILES string of the molecule is C=CCOc1ccc(C2NCC(=O)N2CC2CCC2)cc1. The summed E-state index contributed by atoms with van der Waals surface area (Å²) in [7, 11) is 0. The number of hydrogen-bond acceptors (Lipinski definition) is 3. The number of carbonyl (C=O) groups excluding carboxylic acids is 1. The quantitative estimate of drug-likeness (QED) is 0.817. The van der Waals surface area contributed by atoms with E-state index in [-0.39, 0.29) is 12.1 Å². The summed E-state index contributed by atoms with van der Waals surface area (Å²) >= 11 is 0. The summed E-state index contributed by atoms with van der Waals surface area (Å²) in [5.74, 6) is 1.72. The fourth-order valence-electron chi connectivity index (χ4n) is 2.90. The fraction of sp³-hybridized carbons (Fsp3) is 0.471. The lowest BCUT2D eigenvalue weighted by Crippen LogP contribution is -2.36. The highest BCUT2D eigenvalue weighted by molar-refractivity contribution is 5.81. The molecule has 3 rings (SSSR count). The highest BCUT2D eigenvalue weighted by Gasteiger charge is 2.34. The van der Waals surface area contributed by atoms with Crippen molar-refractivity contribution in [2.24, 2.45) is 5.92 Å². The predicted molar refractivity (Wildman–Crippen MR) is 81.9 cm³/mol. The van der Waals surface area contributed by atoms with Gasteiger partial charge < -0.3 is 9.64 Å². The zero-order chi connectivity index (χ0) is 14.7. The number of amides is 1. The maximum Gasteiger partial charge on any atom is 0.238 e. The van der Waals surface area contributed by atoms with Gasteiger partial charge in [0.05, 0.1) is 6.54 Å². The first-order chi connectivity index (χ1) is 10.3. The smallest absolute Gasteiger partial charge is 0.238 e. The number of nitrogens with zero attached hydrogens (tertiary/aromatic N) is 1. The molecule has 0 bridgehead atoms. The van der Waals surface area contributed by atoms with E-state index in [1.54, 1.807) is 6.08 Å². The molecule has 1 heterocycles. The average molecular weight is 286 g/mol. The Balaban J connectivity index is 1.68. The fourth-order valence-corrected chi connectivity index (χ4v) is 2.90. The second-order valence-electron chi connectivity index (χ2n) is 5.80. The Kier molecular flexibility index (Phi) is 4.25. The van der Waals surface area contributed by atoms with E-state index in [0.717, 1.165) is 17.9 Å². The van der Waals surface area contributed by atoms with Crippen LogP contribution in [0.2, 0.25) is 0 Å². The molecule has 1 aliphatic carbocycles. The van der Waals surface area contributed by atoms with E-state index >= 15 is 0 Å². The molecule has 0 radical (unpaired) electrons. The summed E-state index contributed by atoms with van der Waals surface area (Å²) in [4.78, 5) is 14.1. The van der Waals surface area contributed by atoms with Gasteiger partial charge in [0.15, 0.2) is 0 Å². The van der Waals surface area contributed by atoms with Gasteiger partial charge in [-0.15, -0.1) is 0 Å². The molecule has 1 atom stereocenters. The van der Waals surface area contributed by atoms with Gasteiger partial charge in [-0.25, -0.2) is 0 Å². The molecule has 4 nitrogen and oxygen atoms in total. The van der Waals surface area contributed by atoms with E-state index in [9.17, 15) is 4.79 Å². The maximum absolute atomic E-state index is 12.1. The Morgan fingerprint density at radius 3 is 2.71 bits per heavy atom. The zero-order valence-electron chi connectivity index (χ0n) is 12.3. The second-order valence-corrected chi connectivity index (χ2v) is 5.80. The number of carbonyl (C=O) groups is 1. The molecule has 112 valence electrons. The Bertz CT molecular complexity index is 508. The van der Waals surface area contributed by atoms with E-state index in [4.69, 9.17) is 4.74 Å². The predicted octanol–water partition coefficient (Wildman–Crippen LogP) is 2.48. The Morgan fingerprint density at radius 2 is 2.10 bits per heavy atom. The van der Waals surface area contributed by atoms with Crippen LogP contribution in [-0.4, -0.2) is 30.5 Å². The molecule has 0 spiro atoms. The van der Waals surface area contributed by atoms with Crippen molar-refractivity contribution in [1.29, 1.82) is 0 Å².